The lowest BCUT2D eigenvalue weighted by molar-refractivity contribution is 0.485. The fraction of sp³-hybridized carbons (Fsp3) is 0.0625. The number of ether oxygens (including phenoxy) is 1. The number of rotatable bonds is 4. The lowest BCUT2D eigenvalue weighted by atomic mass is 10.1. The molecular formula is C16H12Cl2N2O3S. The van der Waals surface area contributed by atoms with Crippen LogP contribution in [0, 0.1) is 0 Å². The summed E-state index contributed by atoms with van der Waals surface area (Å²) in [5.74, 6) is 1.05. The van der Waals surface area contributed by atoms with Crippen molar-refractivity contribution in [1.82, 2.24) is 10.2 Å². The van der Waals surface area contributed by atoms with Gasteiger partial charge in [0.05, 0.1) is 16.1 Å². The molecule has 0 atom stereocenters. The number of halogens is 2. The molecule has 0 saturated carbocycles. The van der Waals surface area contributed by atoms with Gasteiger partial charge in [-0.15, -0.1) is 0 Å². The van der Waals surface area contributed by atoms with Crippen molar-refractivity contribution in [2.75, 3.05) is 6.26 Å². The van der Waals surface area contributed by atoms with Gasteiger partial charge in [0.2, 0.25) is 0 Å². The summed E-state index contributed by atoms with van der Waals surface area (Å²) in [6.07, 6.45) is 2.65. The first-order valence-corrected chi connectivity index (χ1v) is 9.46. The molecule has 124 valence electrons. The number of aromatic amines is 1. The molecule has 0 aliphatic heterocycles. The van der Waals surface area contributed by atoms with E-state index >= 15 is 0 Å². The van der Waals surface area contributed by atoms with Crippen molar-refractivity contribution in [2.24, 2.45) is 0 Å². The molecule has 1 heterocycles. The predicted octanol–water partition coefficient (Wildman–Crippen LogP) is 4.58. The van der Waals surface area contributed by atoms with Gasteiger partial charge in [0.1, 0.15) is 11.4 Å². The standard InChI is InChI=1S/C16H12Cl2N2O3S/c1-24(21,22)12-6-7-13(14(18)8-12)16-15(9-19-20-16)23-11-4-2-10(17)3-5-11/h2-9H,1H3,(H,19,20). The van der Waals surface area contributed by atoms with Crippen LogP contribution in [0.1, 0.15) is 0 Å². The molecule has 0 saturated heterocycles. The highest BCUT2D eigenvalue weighted by Crippen LogP contribution is 2.36. The molecule has 0 spiro atoms. The van der Waals surface area contributed by atoms with Crippen molar-refractivity contribution < 1.29 is 13.2 Å². The number of sulfone groups is 1. The Kier molecular flexibility index (Phi) is 4.54. The number of hydrogen-bond donors (Lipinski definition) is 1. The maximum absolute atomic E-state index is 11.6. The fourth-order valence-electron chi connectivity index (χ4n) is 2.10. The van der Waals surface area contributed by atoms with Gasteiger partial charge in [-0.05, 0) is 42.5 Å². The Morgan fingerprint density at radius 2 is 1.79 bits per heavy atom. The third-order valence-electron chi connectivity index (χ3n) is 3.28. The van der Waals surface area contributed by atoms with Gasteiger partial charge in [-0.1, -0.05) is 23.2 Å². The molecule has 0 amide bonds. The first kappa shape index (κ1) is 16.8. The minimum Gasteiger partial charge on any atom is -0.453 e. The normalized spacial score (nSPS) is 11.5. The van der Waals surface area contributed by atoms with Crippen LogP contribution in [-0.4, -0.2) is 24.9 Å². The molecule has 1 aromatic heterocycles. The van der Waals surface area contributed by atoms with Gasteiger partial charge in [0, 0.05) is 16.8 Å². The fourth-order valence-corrected chi connectivity index (χ4v) is 3.22. The molecule has 0 unspecified atom stereocenters. The first-order valence-electron chi connectivity index (χ1n) is 6.81. The van der Waals surface area contributed by atoms with E-state index in [1.807, 2.05) is 0 Å². The molecule has 0 aliphatic rings. The second-order valence-corrected chi connectivity index (χ2v) is 7.94. The summed E-state index contributed by atoms with van der Waals surface area (Å²) >= 11 is 12.1. The van der Waals surface area contributed by atoms with E-state index in [-0.39, 0.29) is 9.92 Å². The summed E-state index contributed by atoms with van der Waals surface area (Å²) < 4.78 is 29.0. The number of aromatic nitrogens is 2. The van der Waals surface area contributed by atoms with E-state index in [4.69, 9.17) is 27.9 Å². The van der Waals surface area contributed by atoms with Crippen molar-refractivity contribution in [2.45, 2.75) is 4.90 Å². The molecule has 3 rings (SSSR count). The molecule has 0 radical (unpaired) electrons. The quantitative estimate of drug-likeness (QED) is 0.716. The van der Waals surface area contributed by atoms with Crippen LogP contribution in [0.4, 0.5) is 0 Å². The first-order chi connectivity index (χ1) is 11.3. The lowest BCUT2D eigenvalue weighted by Gasteiger charge is -2.08. The van der Waals surface area contributed by atoms with Crippen molar-refractivity contribution in [3.63, 3.8) is 0 Å². The molecule has 0 fully saturated rings. The average molecular weight is 383 g/mol. The summed E-state index contributed by atoms with van der Waals surface area (Å²) in [5, 5.41) is 7.68. The van der Waals surface area contributed by atoms with Crippen LogP contribution in [-0.2, 0) is 9.84 Å². The maximum atomic E-state index is 11.6. The number of hydrogen-bond acceptors (Lipinski definition) is 4. The smallest absolute Gasteiger partial charge is 0.175 e. The van der Waals surface area contributed by atoms with E-state index in [1.54, 1.807) is 30.3 Å². The van der Waals surface area contributed by atoms with E-state index in [0.29, 0.717) is 27.8 Å². The minimum atomic E-state index is -3.33. The zero-order valence-electron chi connectivity index (χ0n) is 12.5. The second-order valence-electron chi connectivity index (χ2n) is 5.08. The monoisotopic (exact) mass is 382 g/mol. The summed E-state index contributed by atoms with van der Waals surface area (Å²) in [7, 11) is -3.33. The van der Waals surface area contributed by atoms with Crippen LogP contribution in [0.25, 0.3) is 11.3 Å². The maximum Gasteiger partial charge on any atom is 0.175 e. The molecule has 1 N–H and O–H groups in total. The summed E-state index contributed by atoms with van der Waals surface area (Å²) in [6, 6.07) is 11.4. The van der Waals surface area contributed by atoms with Crippen LogP contribution >= 0.6 is 23.2 Å². The largest absolute Gasteiger partial charge is 0.453 e. The zero-order valence-corrected chi connectivity index (χ0v) is 14.8. The Morgan fingerprint density at radius 3 is 2.42 bits per heavy atom. The lowest BCUT2D eigenvalue weighted by Crippen LogP contribution is -1.97. The Hall–Kier alpha value is -2.02. The SMILES string of the molecule is CS(=O)(=O)c1ccc(-c2[nH]ncc2Oc2ccc(Cl)cc2)c(Cl)c1. The molecule has 0 bridgehead atoms. The topological polar surface area (TPSA) is 72.0 Å². The molecule has 24 heavy (non-hydrogen) atoms. The van der Waals surface area contributed by atoms with Gasteiger partial charge >= 0.3 is 0 Å². The van der Waals surface area contributed by atoms with Crippen LogP contribution < -0.4 is 4.74 Å². The number of H-pyrrole nitrogens is 1. The highest BCUT2D eigenvalue weighted by atomic mass is 35.5. The van der Waals surface area contributed by atoms with E-state index in [0.717, 1.165) is 6.26 Å². The van der Waals surface area contributed by atoms with Crippen LogP contribution in [0.5, 0.6) is 11.5 Å². The molecule has 5 nitrogen and oxygen atoms in total. The van der Waals surface area contributed by atoms with E-state index in [2.05, 4.69) is 10.2 Å². The Bertz CT molecular complexity index is 983. The molecule has 8 heteroatoms. The summed E-state index contributed by atoms with van der Waals surface area (Å²) in [5.41, 5.74) is 1.14. The predicted molar refractivity (Wildman–Crippen MR) is 93.7 cm³/mol. The van der Waals surface area contributed by atoms with E-state index < -0.39 is 9.84 Å². The molecule has 0 aliphatic carbocycles. The molecular weight excluding hydrogens is 371 g/mol. The number of benzene rings is 2. The second kappa shape index (κ2) is 6.47. The van der Waals surface area contributed by atoms with Gasteiger partial charge in [0.15, 0.2) is 15.6 Å². The van der Waals surface area contributed by atoms with Gasteiger partial charge < -0.3 is 4.74 Å². The van der Waals surface area contributed by atoms with Gasteiger partial charge in [-0.25, -0.2) is 8.42 Å². The third-order valence-corrected chi connectivity index (χ3v) is 4.96. The molecule has 3 aromatic rings. The van der Waals surface area contributed by atoms with Crippen molar-refractivity contribution >= 4 is 33.0 Å². The zero-order chi connectivity index (χ0) is 17.3. The third kappa shape index (κ3) is 3.56. The Balaban J connectivity index is 1.97. The highest BCUT2D eigenvalue weighted by molar-refractivity contribution is 7.90. The van der Waals surface area contributed by atoms with Crippen LogP contribution in [0.2, 0.25) is 10.0 Å². The average Bonchev–Trinajstić information content (AvgIpc) is 2.96. The highest BCUT2D eigenvalue weighted by Gasteiger charge is 2.16. The van der Waals surface area contributed by atoms with Crippen molar-refractivity contribution in [3.05, 3.63) is 58.7 Å². The van der Waals surface area contributed by atoms with Gasteiger partial charge in [-0.2, -0.15) is 5.10 Å². The van der Waals surface area contributed by atoms with E-state index in [1.165, 1.54) is 18.3 Å². The van der Waals surface area contributed by atoms with Crippen LogP contribution in [0.3, 0.4) is 0 Å². The Labute approximate surface area is 149 Å². The molecule has 2 aromatic carbocycles. The van der Waals surface area contributed by atoms with E-state index in [9.17, 15) is 8.42 Å². The number of nitrogens with one attached hydrogen (secondary N) is 1. The van der Waals surface area contributed by atoms with Gasteiger partial charge in [-0.3, -0.25) is 5.10 Å². The van der Waals surface area contributed by atoms with Gasteiger partial charge in [0.25, 0.3) is 0 Å². The Morgan fingerprint density at radius 1 is 1.08 bits per heavy atom. The number of nitrogens with zero attached hydrogens (tertiary/aromatic N) is 1. The van der Waals surface area contributed by atoms with Crippen LogP contribution in [0.15, 0.2) is 53.6 Å². The van der Waals surface area contributed by atoms with Crippen molar-refractivity contribution in [3.8, 4) is 22.8 Å². The summed E-state index contributed by atoms with van der Waals surface area (Å²) in [4.78, 5) is 0.149. The minimum absolute atomic E-state index is 0.149. The summed E-state index contributed by atoms with van der Waals surface area (Å²) in [6.45, 7) is 0. The van der Waals surface area contributed by atoms with Crippen molar-refractivity contribution in [1.29, 1.82) is 0 Å².